The zero-order valence-corrected chi connectivity index (χ0v) is 12.3. The number of nitrogens with one attached hydrogen (secondary N) is 1. The number of amides is 1. The number of halogens is 1. The molecule has 6 nitrogen and oxygen atoms in total. The van der Waals surface area contributed by atoms with Crippen molar-refractivity contribution < 1.29 is 24.2 Å². The van der Waals surface area contributed by atoms with Crippen LogP contribution < -0.4 is 5.32 Å². The molecule has 0 spiro atoms. The lowest BCUT2D eigenvalue weighted by Crippen LogP contribution is -2.44. The van der Waals surface area contributed by atoms with Crippen LogP contribution in [0.1, 0.15) is 0 Å². The van der Waals surface area contributed by atoms with Gasteiger partial charge in [-0.2, -0.15) is 0 Å². The summed E-state index contributed by atoms with van der Waals surface area (Å²) in [5.41, 5.74) is 0.628. The zero-order valence-electron chi connectivity index (χ0n) is 10.7. The lowest BCUT2D eigenvalue weighted by Gasteiger charge is -2.21. The van der Waals surface area contributed by atoms with E-state index >= 15 is 0 Å². The molecule has 0 radical (unpaired) electrons. The minimum atomic E-state index is -1.01. The highest BCUT2D eigenvalue weighted by Crippen LogP contribution is 2.54. The Hall–Kier alpha value is -1.44. The molecule has 110 valence electrons. The second-order valence-corrected chi connectivity index (χ2v) is 6.43. The van der Waals surface area contributed by atoms with Gasteiger partial charge < -0.3 is 19.9 Å². The highest BCUT2D eigenvalue weighted by atomic mass is 79.9. The quantitative estimate of drug-likeness (QED) is 0.798. The van der Waals surface area contributed by atoms with E-state index in [0.29, 0.717) is 5.69 Å². The van der Waals surface area contributed by atoms with Crippen LogP contribution in [0.4, 0.5) is 5.69 Å². The van der Waals surface area contributed by atoms with Gasteiger partial charge in [0.15, 0.2) is 0 Å². The van der Waals surface area contributed by atoms with Crippen LogP contribution in [0.5, 0.6) is 0 Å². The number of aliphatic carboxylic acids is 1. The minimum Gasteiger partial charge on any atom is -0.481 e. The van der Waals surface area contributed by atoms with Crippen LogP contribution >= 0.6 is 15.9 Å². The summed E-state index contributed by atoms with van der Waals surface area (Å²) >= 11 is 3.32. The van der Waals surface area contributed by atoms with E-state index in [4.69, 9.17) is 9.47 Å². The molecule has 1 amide bonds. The summed E-state index contributed by atoms with van der Waals surface area (Å²) in [6, 6.07) is 7.12. The fourth-order valence-electron chi connectivity index (χ4n) is 3.35. The Kier molecular flexibility index (Phi) is 2.85. The van der Waals surface area contributed by atoms with Crippen LogP contribution in [0.2, 0.25) is 0 Å². The Morgan fingerprint density at radius 2 is 1.57 bits per heavy atom. The van der Waals surface area contributed by atoms with Crippen molar-refractivity contribution >= 4 is 33.5 Å². The van der Waals surface area contributed by atoms with Crippen molar-refractivity contribution in [3.05, 3.63) is 28.7 Å². The Morgan fingerprint density at radius 3 is 2.19 bits per heavy atom. The van der Waals surface area contributed by atoms with E-state index in [2.05, 4.69) is 21.2 Å². The van der Waals surface area contributed by atoms with Crippen LogP contribution in [0.3, 0.4) is 0 Å². The number of benzene rings is 1. The highest BCUT2D eigenvalue weighted by Gasteiger charge is 2.72. The van der Waals surface area contributed by atoms with Crippen LogP contribution in [0.25, 0.3) is 0 Å². The Morgan fingerprint density at radius 1 is 1.00 bits per heavy atom. The van der Waals surface area contributed by atoms with Gasteiger partial charge in [-0.25, -0.2) is 0 Å². The van der Waals surface area contributed by atoms with Gasteiger partial charge in [-0.3, -0.25) is 9.59 Å². The normalized spacial score (nSPS) is 38.9. The number of fused-ring (bicyclic) bond motifs is 5. The number of carboxylic acids is 1. The zero-order chi connectivity index (χ0) is 14.7. The summed E-state index contributed by atoms with van der Waals surface area (Å²) in [6.07, 6.45) is -1.21. The van der Waals surface area contributed by atoms with E-state index < -0.39 is 30.0 Å². The van der Waals surface area contributed by atoms with Crippen LogP contribution in [0, 0.1) is 11.8 Å². The van der Waals surface area contributed by atoms with Gasteiger partial charge in [0.2, 0.25) is 5.91 Å². The Labute approximate surface area is 128 Å². The van der Waals surface area contributed by atoms with E-state index in [9.17, 15) is 14.7 Å². The molecule has 4 rings (SSSR count). The number of carboxylic acid groups (broad SMARTS) is 1. The molecule has 21 heavy (non-hydrogen) atoms. The molecule has 3 heterocycles. The molecular formula is C14H12BrNO5. The number of carbonyl (C=O) groups is 2. The van der Waals surface area contributed by atoms with E-state index in [-0.39, 0.29) is 18.1 Å². The molecule has 3 saturated heterocycles. The maximum atomic E-state index is 12.4. The second-order valence-electron chi connectivity index (χ2n) is 5.52. The van der Waals surface area contributed by atoms with E-state index in [0.717, 1.165) is 4.47 Å². The number of epoxide rings is 1. The lowest BCUT2D eigenvalue weighted by atomic mass is 9.78. The highest BCUT2D eigenvalue weighted by molar-refractivity contribution is 9.10. The SMILES string of the molecule is O=C(O)C1C2OC(C3OC32)C1C(=O)Nc1ccc(Br)cc1. The van der Waals surface area contributed by atoms with Gasteiger partial charge in [-0.05, 0) is 24.3 Å². The third kappa shape index (κ3) is 1.99. The van der Waals surface area contributed by atoms with Crippen molar-refractivity contribution in [3.63, 3.8) is 0 Å². The summed E-state index contributed by atoms with van der Waals surface area (Å²) in [6.45, 7) is 0. The molecule has 0 aliphatic carbocycles. The number of carbonyl (C=O) groups excluding carboxylic acids is 1. The predicted molar refractivity (Wildman–Crippen MR) is 74.7 cm³/mol. The van der Waals surface area contributed by atoms with Crippen molar-refractivity contribution in [1.29, 1.82) is 0 Å². The molecule has 6 unspecified atom stereocenters. The third-order valence-corrected chi connectivity index (χ3v) is 4.85. The van der Waals surface area contributed by atoms with Crippen molar-refractivity contribution in [2.75, 3.05) is 5.32 Å². The average Bonchev–Trinajstić information content (AvgIpc) is 3.06. The maximum absolute atomic E-state index is 12.4. The molecule has 0 saturated carbocycles. The molecule has 2 bridgehead atoms. The van der Waals surface area contributed by atoms with Crippen LogP contribution in [0.15, 0.2) is 28.7 Å². The standard InChI is InChI=1S/C14H12BrNO5/c15-5-1-3-6(4-2-5)16-13(17)7-8(14(18)19)10-12-11(21-12)9(7)20-10/h1-4,7-12H,(H,16,17)(H,18,19). The van der Waals surface area contributed by atoms with Gasteiger partial charge in [0.1, 0.15) is 18.3 Å². The van der Waals surface area contributed by atoms with Gasteiger partial charge in [-0.1, -0.05) is 15.9 Å². The third-order valence-electron chi connectivity index (χ3n) is 4.32. The molecule has 3 aliphatic rings. The van der Waals surface area contributed by atoms with Crippen molar-refractivity contribution in [1.82, 2.24) is 0 Å². The molecule has 1 aromatic carbocycles. The van der Waals surface area contributed by atoms with Gasteiger partial charge in [-0.15, -0.1) is 0 Å². The summed E-state index contributed by atoms with van der Waals surface area (Å²) < 4.78 is 11.9. The Balaban J connectivity index is 1.55. The van der Waals surface area contributed by atoms with Gasteiger partial charge in [0, 0.05) is 10.2 Å². The molecule has 3 fully saturated rings. The first-order valence-corrected chi connectivity index (χ1v) is 7.46. The maximum Gasteiger partial charge on any atom is 0.310 e. The minimum absolute atomic E-state index is 0.119. The summed E-state index contributed by atoms with van der Waals surface area (Å²) in [5.74, 6) is -2.88. The first kappa shape index (κ1) is 13.2. The fourth-order valence-corrected chi connectivity index (χ4v) is 3.62. The molecule has 6 atom stereocenters. The fraction of sp³-hybridized carbons (Fsp3) is 0.429. The van der Waals surface area contributed by atoms with Crippen LogP contribution in [-0.2, 0) is 19.1 Å². The number of ether oxygens (including phenoxy) is 2. The van der Waals surface area contributed by atoms with Gasteiger partial charge in [0.05, 0.1) is 17.9 Å². The molecule has 3 aliphatic heterocycles. The number of anilines is 1. The Bertz CT molecular complexity index is 618. The van der Waals surface area contributed by atoms with Crippen molar-refractivity contribution in [2.24, 2.45) is 11.8 Å². The first-order valence-electron chi connectivity index (χ1n) is 6.66. The smallest absolute Gasteiger partial charge is 0.310 e. The molecule has 0 aromatic heterocycles. The predicted octanol–water partition coefficient (Wildman–Crippen LogP) is 1.25. The molecule has 7 heteroatoms. The topological polar surface area (TPSA) is 88.2 Å². The number of hydrogen-bond acceptors (Lipinski definition) is 4. The van der Waals surface area contributed by atoms with Crippen molar-refractivity contribution in [3.8, 4) is 0 Å². The van der Waals surface area contributed by atoms with E-state index in [1.54, 1.807) is 12.1 Å². The molecule has 2 N–H and O–H groups in total. The average molecular weight is 354 g/mol. The number of hydrogen-bond donors (Lipinski definition) is 2. The van der Waals surface area contributed by atoms with E-state index in [1.807, 2.05) is 12.1 Å². The van der Waals surface area contributed by atoms with E-state index in [1.165, 1.54) is 0 Å². The second kappa shape index (κ2) is 4.53. The number of rotatable bonds is 3. The monoisotopic (exact) mass is 353 g/mol. The summed E-state index contributed by atoms with van der Waals surface area (Å²) in [5, 5.41) is 12.1. The first-order chi connectivity index (χ1) is 10.1. The molecule has 1 aromatic rings. The largest absolute Gasteiger partial charge is 0.481 e. The summed E-state index contributed by atoms with van der Waals surface area (Å²) in [7, 11) is 0. The van der Waals surface area contributed by atoms with Crippen molar-refractivity contribution in [2.45, 2.75) is 24.4 Å². The van der Waals surface area contributed by atoms with Gasteiger partial charge >= 0.3 is 5.97 Å². The van der Waals surface area contributed by atoms with Crippen LogP contribution in [-0.4, -0.2) is 41.4 Å². The molecular weight excluding hydrogens is 342 g/mol. The summed E-state index contributed by atoms with van der Waals surface area (Å²) in [4.78, 5) is 23.9. The lowest BCUT2D eigenvalue weighted by molar-refractivity contribution is -0.147. The van der Waals surface area contributed by atoms with Gasteiger partial charge in [0.25, 0.3) is 0 Å².